The minimum atomic E-state index is -4.50. The third kappa shape index (κ3) is 8.37. The van der Waals surface area contributed by atoms with Gasteiger partial charge in [-0.1, -0.05) is 6.08 Å². The van der Waals surface area contributed by atoms with Gasteiger partial charge in [0, 0.05) is 18.3 Å². The maximum absolute atomic E-state index is 12.3. The molecule has 0 aliphatic heterocycles. The number of ether oxygens (including phenoxy) is 1. The van der Waals surface area contributed by atoms with Crippen molar-refractivity contribution in [1.82, 2.24) is 0 Å². The molecule has 0 bridgehead atoms. The van der Waals surface area contributed by atoms with Crippen molar-refractivity contribution in [3.05, 3.63) is 12.7 Å². The van der Waals surface area contributed by atoms with Crippen molar-refractivity contribution < 1.29 is 32.6 Å². The fourth-order valence-electron chi connectivity index (χ4n) is 1.78. The van der Waals surface area contributed by atoms with Crippen LogP contribution in [0, 0.1) is 11.8 Å². The van der Waals surface area contributed by atoms with Gasteiger partial charge in [-0.15, -0.1) is 6.58 Å². The fourth-order valence-corrected chi connectivity index (χ4v) is 1.78. The van der Waals surface area contributed by atoms with E-state index in [0.29, 0.717) is 0 Å². The number of aliphatic carboxylic acids is 1. The Morgan fingerprint density at radius 1 is 1.24 bits per heavy atom. The van der Waals surface area contributed by atoms with Gasteiger partial charge in [-0.3, -0.25) is 4.79 Å². The van der Waals surface area contributed by atoms with Crippen molar-refractivity contribution in [1.29, 1.82) is 0 Å². The van der Waals surface area contributed by atoms with Crippen LogP contribution in [0.3, 0.4) is 0 Å². The molecule has 0 aliphatic rings. The summed E-state index contributed by atoms with van der Waals surface area (Å²) in [5, 5.41) is 11.1. The Balaban J connectivity index is 5.11. The number of carboxylic acid groups (broad SMARTS) is 1. The lowest BCUT2D eigenvalue weighted by Gasteiger charge is -2.29. The number of carbonyl (C=O) groups excluding carboxylic acids is 2. The highest BCUT2D eigenvalue weighted by atomic mass is 19.4. The topological polar surface area (TPSA) is 66.4 Å². The third-order valence-corrected chi connectivity index (χ3v) is 2.66. The van der Waals surface area contributed by atoms with E-state index in [1.165, 1.54) is 6.08 Å². The number of halogens is 3. The fraction of sp³-hybridized carbons (Fsp3) is 0.714. The molecule has 122 valence electrons. The minimum Gasteiger partial charge on any atom is -0.550 e. The minimum absolute atomic E-state index is 0.0918. The quantitative estimate of drug-likeness (QED) is 0.534. The molecule has 7 heteroatoms. The van der Waals surface area contributed by atoms with Crippen LogP contribution in [0.5, 0.6) is 0 Å². The Morgan fingerprint density at radius 2 is 1.76 bits per heavy atom. The molecule has 21 heavy (non-hydrogen) atoms. The van der Waals surface area contributed by atoms with Crippen molar-refractivity contribution in [2.75, 3.05) is 0 Å². The summed E-state index contributed by atoms with van der Waals surface area (Å²) in [5.74, 6) is -5.37. The molecule has 0 radical (unpaired) electrons. The van der Waals surface area contributed by atoms with Gasteiger partial charge in [0.2, 0.25) is 0 Å². The molecule has 0 aromatic rings. The van der Waals surface area contributed by atoms with Crippen molar-refractivity contribution >= 4 is 11.9 Å². The SMILES string of the molecule is C=CCC(C(=O)OC(C)(C)C)C(CCC(F)(F)F)C(=O)[O-]. The number of hydrogen-bond acceptors (Lipinski definition) is 4. The summed E-state index contributed by atoms with van der Waals surface area (Å²) in [6, 6.07) is 0. The lowest BCUT2D eigenvalue weighted by molar-refractivity contribution is -0.314. The summed E-state index contributed by atoms with van der Waals surface area (Å²) in [4.78, 5) is 23.1. The molecule has 0 spiro atoms. The molecule has 0 saturated heterocycles. The smallest absolute Gasteiger partial charge is 0.389 e. The van der Waals surface area contributed by atoms with Crippen LogP contribution in [0.1, 0.15) is 40.0 Å². The number of rotatable bonds is 7. The summed E-state index contributed by atoms with van der Waals surface area (Å²) in [7, 11) is 0. The van der Waals surface area contributed by atoms with Gasteiger partial charge in [0.15, 0.2) is 0 Å². The number of esters is 1. The van der Waals surface area contributed by atoms with Crippen LogP contribution in [-0.4, -0.2) is 23.7 Å². The molecule has 0 fully saturated rings. The Hall–Kier alpha value is -1.53. The Bertz CT molecular complexity index is 383. The van der Waals surface area contributed by atoms with E-state index in [2.05, 4.69) is 6.58 Å². The number of carboxylic acids is 1. The lowest BCUT2D eigenvalue weighted by Crippen LogP contribution is -2.41. The van der Waals surface area contributed by atoms with Crippen LogP contribution in [0.2, 0.25) is 0 Å². The van der Waals surface area contributed by atoms with Crippen molar-refractivity contribution in [3.8, 4) is 0 Å². The van der Waals surface area contributed by atoms with Gasteiger partial charge in [-0.2, -0.15) is 13.2 Å². The number of allylic oxidation sites excluding steroid dienone is 1. The normalized spacial score (nSPS) is 15.1. The summed E-state index contributed by atoms with van der Waals surface area (Å²) >= 11 is 0. The molecule has 0 aliphatic carbocycles. The molecular formula is C14H20F3O4-. The Morgan fingerprint density at radius 3 is 2.10 bits per heavy atom. The zero-order valence-electron chi connectivity index (χ0n) is 12.3. The zero-order chi connectivity index (χ0) is 16.8. The first kappa shape index (κ1) is 19.5. The summed E-state index contributed by atoms with van der Waals surface area (Å²) in [5.41, 5.74) is -0.864. The zero-order valence-corrected chi connectivity index (χ0v) is 12.3. The number of alkyl halides is 3. The first-order valence-electron chi connectivity index (χ1n) is 6.48. The van der Waals surface area contributed by atoms with Gasteiger partial charge >= 0.3 is 12.1 Å². The largest absolute Gasteiger partial charge is 0.550 e. The highest BCUT2D eigenvalue weighted by Gasteiger charge is 2.35. The molecular weight excluding hydrogens is 289 g/mol. The standard InChI is InChI=1S/C14H21F3O4/c1-5-6-10(12(20)21-13(2,3)4)9(11(18)19)7-8-14(15,16)17/h5,9-10H,1,6-8H2,2-4H3,(H,18,19)/p-1. The Labute approximate surface area is 122 Å². The van der Waals surface area contributed by atoms with E-state index in [9.17, 15) is 27.9 Å². The Kier molecular flexibility index (Phi) is 6.93. The van der Waals surface area contributed by atoms with Crippen LogP contribution >= 0.6 is 0 Å². The summed E-state index contributed by atoms with van der Waals surface area (Å²) in [6.45, 7) is 8.14. The monoisotopic (exact) mass is 309 g/mol. The van der Waals surface area contributed by atoms with Gasteiger partial charge in [-0.25, -0.2) is 0 Å². The van der Waals surface area contributed by atoms with E-state index in [4.69, 9.17) is 4.74 Å². The molecule has 2 unspecified atom stereocenters. The molecule has 0 heterocycles. The van der Waals surface area contributed by atoms with Crippen LogP contribution in [0.25, 0.3) is 0 Å². The summed E-state index contributed by atoms with van der Waals surface area (Å²) in [6.07, 6.45) is -5.35. The average molecular weight is 309 g/mol. The van der Waals surface area contributed by atoms with Crippen molar-refractivity contribution in [2.24, 2.45) is 11.8 Å². The maximum atomic E-state index is 12.3. The first-order valence-corrected chi connectivity index (χ1v) is 6.48. The molecule has 0 saturated carbocycles. The molecule has 0 N–H and O–H groups in total. The van der Waals surface area contributed by atoms with Crippen molar-refractivity contribution in [2.45, 2.75) is 51.8 Å². The first-order chi connectivity index (χ1) is 9.37. The van der Waals surface area contributed by atoms with Crippen LogP contribution in [-0.2, 0) is 14.3 Å². The second-order valence-electron chi connectivity index (χ2n) is 5.74. The van der Waals surface area contributed by atoms with Gasteiger partial charge < -0.3 is 14.6 Å². The predicted molar refractivity (Wildman–Crippen MR) is 67.9 cm³/mol. The van der Waals surface area contributed by atoms with Crippen molar-refractivity contribution in [3.63, 3.8) is 0 Å². The average Bonchev–Trinajstić information content (AvgIpc) is 2.23. The van der Waals surface area contributed by atoms with Crippen LogP contribution < -0.4 is 5.11 Å². The second-order valence-corrected chi connectivity index (χ2v) is 5.74. The third-order valence-electron chi connectivity index (χ3n) is 2.66. The van der Waals surface area contributed by atoms with Gasteiger partial charge in [-0.05, 0) is 33.6 Å². The highest BCUT2D eigenvalue weighted by Crippen LogP contribution is 2.30. The summed E-state index contributed by atoms with van der Waals surface area (Å²) < 4.78 is 41.8. The van der Waals surface area contributed by atoms with Gasteiger partial charge in [0.25, 0.3) is 0 Å². The molecule has 0 rings (SSSR count). The van der Waals surface area contributed by atoms with E-state index in [1.807, 2.05) is 0 Å². The van der Waals surface area contributed by atoms with E-state index in [1.54, 1.807) is 20.8 Å². The van der Waals surface area contributed by atoms with Crippen LogP contribution in [0.15, 0.2) is 12.7 Å². The van der Waals surface area contributed by atoms with E-state index in [0.717, 1.165) is 0 Å². The second kappa shape index (κ2) is 7.47. The van der Waals surface area contributed by atoms with E-state index in [-0.39, 0.29) is 6.42 Å². The lowest BCUT2D eigenvalue weighted by atomic mass is 9.85. The number of carbonyl (C=O) groups is 2. The molecule has 0 aromatic carbocycles. The highest BCUT2D eigenvalue weighted by molar-refractivity contribution is 5.80. The van der Waals surface area contributed by atoms with E-state index >= 15 is 0 Å². The van der Waals surface area contributed by atoms with Gasteiger partial charge in [0.05, 0.1) is 5.92 Å². The van der Waals surface area contributed by atoms with Crippen LogP contribution in [0.4, 0.5) is 13.2 Å². The van der Waals surface area contributed by atoms with Gasteiger partial charge in [0.1, 0.15) is 5.60 Å². The maximum Gasteiger partial charge on any atom is 0.389 e. The molecule has 2 atom stereocenters. The number of hydrogen-bond donors (Lipinski definition) is 0. The molecule has 4 nitrogen and oxygen atoms in total. The molecule has 0 amide bonds. The molecule has 0 aromatic heterocycles. The van der Waals surface area contributed by atoms with E-state index < -0.39 is 48.4 Å². The predicted octanol–water partition coefficient (Wildman–Crippen LogP) is 2.23.